The van der Waals surface area contributed by atoms with Crippen molar-refractivity contribution in [1.82, 2.24) is 9.55 Å². The van der Waals surface area contributed by atoms with Crippen molar-refractivity contribution in [3.05, 3.63) is 37.1 Å². The van der Waals surface area contributed by atoms with E-state index in [0.29, 0.717) is 0 Å². The summed E-state index contributed by atoms with van der Waals surface area (Å²) in [4.78, 5) is 45.8. The number of rotatable bonds is 4. The summed E-state index contributed by atoms with van der Waals surface area (Å²) in [5.74, 6) is -0.576. The molecule has 9 nitrogen and oxygen atoms in total. The van der Waals surface area contributed by atoms with Crippen LogP contribution in [-0.4, -0.2) is 27.6 Å². The van der Waals surface area contributed by atoms with Crippen LogP contribution in [0.15, 0.2) is 15.8 Å². The minimum atomic E-state index is -1.08. The molecule has 1 heterocycles. The molecule has 0 saturated carbocycles. The maximum Gasteiger partial charge on any atom is 0.350 e. The van der Waals surface area contributed by atoms with E-state index in [2.05, 4.69) is 4.74 Å². The number of methoxy groups -OCH3 is 1. The summed E-state index contributed by atoms with van der Waals surface area (Å²) < 4.78 is 5.47. The predicted octanol–water partition coefficient (Wildman–Crippen LogP) is -0.356. The molecule has 19 heavy (non-hydrogen) atoms. The molecule has 9 heteroatoms. The molecule has 0 saturated heterocycles. The first-order chi connectivity index (χ1) is 8.69. The molecule has 0 radical (unpaired) electrons. The van der Waals surface area contributed by atoms with Gasteiger partial charge in [-0.3, -0.25) is 29.3 Å². The Morgan fingerprint density at radius 2 is 2.11 bits per heavy atom. The summed E-state index contributed by atoms with van der Waals surface area (Å²) >= 11 is 0. The minimum Gasteiger partial charge on any atom is -0.469 e. The van der Waals surface area contributed by atoms with Crippen molar-refractivity contribution in [2.45, 2.75) is 20.4 Å². The summed E-state index contributed by atoms with van der Waals surface area (Å²) in [6.07, 6.45) is 0.811. The lowest BCUT2D eigenvalue weighted by atomic mass is 9.93. The summed E-state index contributed by atoms with van der Waals surface area (Å²) in [7, 11) is 1.20. The van der Waals surface area contributed by atoms with Gasteiger partial charge in [-0.05, 0) is 13.8 Å². The minimum absolute atomic E-state index is 0.157. The van der Waals surface area contributed by atoms with Crippen molar-refractivity contribution in [3.63, 3.8) is 0 Å². The number of nitro groups is 1. The number of hydrogen-bond acceptors (Lipinski definition) is 6. The van der Waals surface area contributed by atoms with Gasteiger partial charge in [0.2, 0.25) is 0 Å². The molecule has 1 aromatic heterocycles. The predicted molar refractivity (Wildman–Crippen MR) is 63.8 cm³/mol. The Kier molecular flexibility index (Phi) is 3.88. The molecule has 0 aromatic carbocycles. The Balaban J connectivity index is 3.26. The molecule has 0 aliphatic heterocycles. The molecule has 0 fully saturated rings. The van der Waals surface area contributed by atoms with E-state index in [1.165, 1.54) is 21.0 Å². The third kappa shape index (κ3) is 3.06. The van der Waals surface area contributed by atoms with E-state index in [4.69, 9.17) is 0 Å². The van der Waals surface area contributed by atoms with Gasteiger partial charge in [-0.1, -0.05) is 0 Å². The lowest BCUT2D eigenvalue weighted by molar-refractivity contribution is -0.386. The second-order valence-electron chi connectivity index (χ2n) is 4.53. The van der Waals surface area contributed by atoms with Crippen molar-refractivity contribution in [2.75, 3.05) is 7.11 Å². The molecule has 104 valence electrons. The third-order valence-corrected chi connectivity index (χ3v) is 2.49. The lowest BCUT2D eigenvalue weighted by Crippen LogP contribution is -2.38. The number of ether oxygens (including phenoxy) is 1. The number of H-pyrrole nitrogens is 1. The number of carbonyl (C=O) groups is 1. The summed E-state index contributed by atoms with van der Waals surface area (Å²) in [5, 5.41) is 10.6. The summed E-state index contributed by atoms with van der Waals surface area (Å²) in [6.45, 7) is 2.88. The van der Waals surface area contributed by atoms with Crippen molar-refractivity contribution >= 4 is 11.7 Å². The Morgan fingerprint density at radius 3 is 2.58 bits per heavy atom. The number of aromatic nitrogens is 2. The lowest BCUT2D eigenvalue weighted by Gasteiger charge is -2.21. The van der Waals surface area contributed by atoms with Crippen LogP contribution in [0.1, 0.15) is 13.8 Å². The zero-order valence-electron chi connectivity index (χ0n) is 10.6. The molecule has 1 N–H and O–H groups in total. The summed E-state index contributed by atoms with van der Waals surface area (Å²) in [5.41, 5.74) is -3.74. The number of nitrogens with one attached hydrogen (secondary N) is 1. The van der Waals surface area contributed by atoms with E-state index >= 15 is 0 Å². The molecule has 1 aromatic rings. The number of hydrogen-bond donors (Lipinski definition) is 1. The maximum absolute atomic E-state index is 11.5. The monoisotopic (exact) mass is 271 g/mol. The quantitative estimate of drug-likeness (QED) is 0.453. The second-order valence-corrected chi connectivity index (χ2v) is 4.53. The molecule has 0 aliphatic carbocycles. The topological polar surface area (TPSA) is 124 Å². The van der Waals surface area contributed by atoms with Crippen LogP contribution in [0, 0.1) is 15.5 Å². The van der Waals surface area contributed by atoms with Gasteiger partial charge in [0.1, 0.15) is 0 Å². The van der Waals surface area contributed by atoms with Crippen molar-refractivity contribution in [1.29, 1.82) is 0 Å². The molecule has 0 spiro atoms. The van der Waals surface area contributed by atoms with Crippen LogP contribution in [0.5, 0.6) is 0 Å². The second kappa shape index (κ2) is 5.04. The number of carbonyl (C=O) groups excluding carboxylic acids is 1. The first-order valence-electron chi connectivity index (χ1n) is 5.25. The standard InChI is InChI=1S/C10H13N3O6/c1-10(2,8(15)19-3)5-12-4-6(13(17)18)7(14)11-9(12)16/h4H,5H2,1-3H3,(H,11,14,16). The summed E-state index contributed by atoms with van der Waals surface area (Å²) in [6, 6.07) is 0. The van der Waals surface area contributed by atoms with Gasteiger partial charge >= 0.3 is 22.9 Å². The van der Waals surface area contributed by atoms with E-state index in [1.54, 1.807) is 0 Å². The van der Waals surface area contributed by atoms with E-state index in [-0.39, 0.29) is 6.54 Å². The van der Waals surface area contributed by atoms with E-state index in [9.17, 15) is 24.5 Å². The largest absolute Gasteiger partial charge is 0.469 e. The highest BCUT2D eigenvalue weighted by molar-refractivity contribution is 5.75. The van der Waals surface area contributed by atoms with Gasteiger partial charge in [0, 0.05) is 6.54 Å². The molecular weight excluding hydrogens is 258 g/mol. The number of esters is 1. The molecule has 0 amide bonds. The molecular formula is C10H13N3O6. The van der Waals surface area contributed by atoms with Gasteiger partial charge in [-0.15, -0.1) is 0 Å². The van der Waals surface area contributed by atoms with Gasteiger partial charge in [0.05, 0.1) is 23.6 Å². The van der Waals surface area contributed by atoms with Crippen LogP contribution < -0.4 is 11.2 Å². The van der Waals surface area contributed by atoms with Gasteiger partial charge < -0.3 is 4.74 Å². The third-order valence-electron chi connectivity index (χ3n) is 2.49. The normalized spacial score (nSPS) is 11.1. The molecule has 0 bridgehead atoms. The Hall–Kier alpha value is -2.45. The average molecular weight is 271 g/mol. The van der Waals surface area contributed by atoms with Crippen LogP contribution in [-0.2, 0) is 16.1 Å². The highest BCUT2D eigenvalue weighted by Crippen LogP contribution is 2.19. The van der Waals surface area contributed by atoms with Gasteiger partial charge in [0.15, 0.2) is 0 Å². The van der Waals surface area contributed by atoms with Crippen LogP contribution >= 0.6 is 0 Å². The smallest absolute Gasteiger partial charge is 0.350 e. The van der Waals surface area contributed by atoms with Gasteiger partial charge in [-0.2, -0.15) is 0 Å². The van der Waals surface area contributed by atoms with Crippen molar-refractivity contribution in [2.24, 2.45) is 5.41 Å². The van der Waals surface area contributed by atoms with Gasteiger partial charge in [0.25, 0.3) is 0 Å². The van der Waals surface area contributed by atoms with Crippen molar-refractivity contribution in [3.8, 4) is 0 Å². The average Bonchev–Trinajstić information content (AvgIpc) is 2.30. The number of aromatic amines is 1. The van der Waals surface area contributed by atoms with Crippen LogP contribution in [0.3, 0.4) is 0 Å². The molecule has 0 aliphatic rings. The molecule has 0 unspecified atom stereocenters. The first kappa shape index (κ1) is 14.6. The molecule has 0 atom stereocenters. The first-order valence-corrected chi connectivity index (χ1v) is 5.25. The highest BCUT2D eigenvalue weighted by Gasteiger charge is 2.30. The SMILES string of the molecule is COC(=O)C(C)(C)Cn1cc([N+](=O)[O-])c(=O)[nH]c1=O. The van der Waals surface area contributed by atoms with Crippen molar-refractivity contribution < 1.29 is 14.5 Å². The van der Waals surface area contributed by atoms with E-state index in [0.717, 1.165) is 10.8 Å². The Morgan fingerprint density at radius 1 is 1.53 bits per heavy atom. The fraction of sp³-hybridized carbons (Fsp3) is 0.500. The van der Waals surface area contributed by atoms with Crippen LogP contribution in [0.4, 0.5) is 5.69 Å². The number of nitrogens with zero attached hydrogens (tertiary/aromatic N) is 2. The zero-order valence-corrected chi connectivity index (χ0v) is 10.6. The van der Waals surface area contributed by atoms with Gasteiger partial charge in [-0.25, -0.2) is 4.79 Å². The maximum atomic E-state index is 11.5. The van der Waals surface area contributed by atoms with Crippen LogP contribution in [0.2, 0.25) is 0 Å². The van der Waals surface area contributed by atoms with E-state index in [1.807, 2.05) is 4.98 Å². The Labute approximate surface area is 107 Å². The zero-order chi connectivity index (χ0) is 14.8. The molecule has 1 rings (SSSR count). The Bertz CT molecular complexity index is 627. The van der Waals surface area contributed by atoms with E-state index < -0.39 is 33.2 Å². The van der Waals surface area contributed by atoms with Crippen LogP contribution in [0.25, 0.3) is 0 Å². The fourth-order valence-electron chi connectivity index (χ4n) is 1.51. The fourth-order valence-corrected chi connectivity index (χ4v) is 1.51. The highest BCUT2D eigenvalue weighted by atomic mass is 16.6.